The summed E-state index contributed by atoms with van der Waals surface area (Å²) < 4.78 is 7.05. The Morgan fingerprint density at radius 3 is 2.76 bits per heavy atom. The van der Waals surface area contributed by atoms with Crippen LogP contribution < -0.4 is 4.74 Å². The van der Waals surface area contributed by atoms with Crippen molar-refractivity contribution in [3.05, 3.63) is 35.5 Å². The number of aromatic nitrogens is 2. The third-order valence-electron chi connectivity index (χ3n) is 3.61. The van der Waals surface area contributed by atoms with E-state index in [0.717, 1.165) is 12.0 Å². The Balaban J connectivity index is 2.65. The average molecular weight is 288 g/mol. The number of carboxylic acid groups (broad SMARTS) is 1. The van der Waals surface area contributed by atoms with E-state index in [9.17, 15) is 9.90 Å². The van der Waals surface area contributed by atoms with Crippen LogP contribution in [0.25, 0.3) is 11.3 Å². The predicted octanol–water partition coefficient (Wildman–Crippen LogP) is 3.54. The molecule has 0 saturated heterocycles. The van der Waals surface area contributed by atoms with Crippen molar-refractivity contribution in [2.24, 2.45) is 0 Å². The number of aryl methyl sites for hydroxylation is 1. The first-order valence-corrected chi connectivity index (χ1v) is 6.95. The Hall–Kier alpha value is -2.30. The number of nitrogens with zero attached hydrogens (tertiary/aromatic N) is 2. The molecule has 0 saturated carbocycles. The predicted molar refractivity (Wildman–Crippen MR) is 80.9 cm³/mol. The number of carboxylic acids is 1. The molecule has 0 fully saturated rings. The van der Waals surface area contributed by atoms with Crippen LogP contribution in [0.15, 0.2) is 24.4 Å². The third-order valence-corrected chi connectivity index (χ3v) is 3.61. The molecule has 1 heterocycles. The van der Waals surface area contributed by atoms with Gasteiger partial charge in [0.05, 0.1) is 7.11 Å². The molecule has 2 rings (SSSR count). The molecule has 5 heteroatoms. The van der Waals surface area contributed by atoms with Crippen LogP contribution in [0.4, 0.5) is 0 Å². The smallest absolute Gasteiger partial charge is 0.339 e. The fraction of sp³-hybridized carbons (Fsp3) is 0.375. The zero-order valence-corrected chi connectivity index (χ0v) is 12.8. The fourth-order valence-corrected chi connectivity index (χ4v) is 2.17. The highest BCUT2D eigenvalue weighted by molar-refractivity contribution is 5.95. The lowest BCUT2D eigenvalue weighted by molar-refractivity contribution is 0.0697. The second-order valence-electron chi connectivity index (χ2n) is 5.14. The minimum absolute atomic E-state index is 0.146. The van der Waals surface area contributed by atoms with Gasteiger partial charge in [0, 0.05) is 17.8 Å². The first-order chi connectivity index (χ1) is 9.97. The van der Waals surface area contributed by atoms with Crippen LogP contribution in [-0.2, 0) is 0 Å². The average Bonchev–Trinajstić information content (AvgIpc) is 2.91. The van der Waals surface area contributed by atoms with Gasteiger partial charge in [-0.15, -0.1) is 0 Å². The molecular weight excluding hydrogens is 268 g/mol. The number of benzene rings is 1. The SMILES string of the molecule is CCC(C)n1cc(C(=O)O)c(-c2cc(C)ccc2OC)n1. The van der Waals surface area contributed by atoms with Gasteiger partial charge in [0.15, 0.2) is 0 Å². The largest absolute Gasteiger partial charge is 0.496 e. The van der Waals surface area contributed by atoms with Gasteiger partial charge in [-0.3, -0.25) is 4.68 Å². The monoisotopic (exact) mass is 288 g/mol. The highest BCUT2D eigenvalue weighted by atomic mass is 16.5. The summed E-state index contributed by atoms with van der Waals surface area (Å²) in [6.45, 7) is 6.00. The maximum Gasteiger partial charge on any atom is 0.339 e. The standard InChI is InChI=1S/C16H20N2O3/c1-5-11(3)18-9-13(16(19)20)15(17-18)12-8-10(2)6-7-14(12)21-4/h6-9,11H,5H2,1-4H3,(H,19,20). The van der Waals surface area contributed by atoms with Crippen molar-refractivity contribution in [3.63, 3.8) is 0 Å². The Morgan fingerprint density at radius 2 is 2.19 bits per heavy atom. The second kappa shape index (κ2) is 5.99. The molecule has 21 heavy (non-hydrogen) atoms. The number of carbonyl (C=O) groups is 1. The molecule has 0 radical (unpaired) electrons. The Bertz CT molecular complexity index is 662. The number of hydrogen-bond acceptors (Lipinski definition) is 3. The van der Waals surface area contributed by atoms with Gasteiger partial charge >= 0.3 is 5.97 Å². The van der Waals surface area contributed by atoms with E-state index in [2.05, 4.69) is 5.10 Å². The summed E-state index contributed by atoms with van der Waals surface area (Å²) in [6, 6.07) is 5.80. The van der Waals surface area contributed by atoms with E-state index in [1.54, 1.807) is 18.0 Å². The van der Waals surface area contributed by atoms with Crippen LogP contribution in [0.2, 0.25) is 0 Å². The Morgan fingerprint density at radius 1 is 1.48 bits per heavy atom. The van der Waals surface area contributed by atoms with Crippen molar-refractivity contribution in [2.45, 2.75) is 33.2 Å². The lowest BCUT2D eigenvalue weighted by Crippen LogP contribution is -2.04. The van der Waals surface area contributed by atoms with Gasteiger partial charge in [-0.05, 0) is 32.4 Å². The molecule has 2 aromatic rings. The highest BCUT2D eigenvalue weighted by Gasteiger charge is 2.21. The van der Waals surface area contributed by atoms with E-state index >= 15 is 0 Å². The molecule has 0 aliphatic carbocycles. The summed E-state index contributed by atoms with van der Waals surface area (Å²) in [4.78, 5) is 11.5. The summed E-state index contributed by atoms with van der Waals surface area (Å²) in [5.41, 5.74) is 2.37. The van der Waals surface area contributed by atoms with Crippen LogP contribution >= 0.6 is 0 Å². The normalized spacial score (nSPS) is 12.2. The van der Waals surface area contributed by atoms with Crippen molar-refractivity contribution < 1.29 is 14.6 Å². The molecule has 0 spiro atoms. The number of rotatable bonds is 5. The lowest BCUT2D eigenvalue weighted by atomic mass is 10.0. The molecule has 1 atom stereocenters. The maximum absolute atomic E-state index is 11.5. The van der Waals surface area contributed by atoms with Gasteiger partial charge in [-0.25, -0.2) is 4.79 Å². The minimum atomic E-state index is -0.983. The summed E-state index contributed by atoms with van der Waals surface area (Å²) in [5.74, 6) is -0.361. The van der Waals surface area contributed by atoms with Crippen molar-refractivity contribution in [1.29, 1.82) is 0 Å². The van der Waals surface area contributed by atoms with E-state index in [0.29, 0.717) is 17.0 Å². The third kappa shape index (κ3) is 2.91. The lowest BCUT2D eigenvalue weighted by Gasteiger charge is -2.09. The van der Waals surface area contributed by atoms with Gasteiger partial charge < -0.3 is 9.84 Å². The van der Waals surface area contributed by atoms with Gasteiger partial charge in [0.25, 0.3) is 0 Å². The van der Waals surface area contributed by atoms with Gasteiger partial charge in [-0.1, -0.05) is 18.6 Å². The quantitative estimate of drug-likeness (QED) is 0.914. The minimum Gasteiger partial charge on any atom is -0.496 e. The second-order valence-corrected chi connectivity index (χ2v) is 5.14. The van der Waals surface area contributed by atoms with Crippen LogP contribution in [0.1, 0.15) is 42.2 Å². The van der Waals surface area contributed by atoms with Gasteiger partial charge in [0.2, 0.25) is 0 Å². The van der Waals surface area contributed by atoms with E-state index in [4.69, 9.17) is 4.74 Å². The van der Waals surface area contributed by atoms with Gasteiger partial charge in [-0.2, -0.15) is 5.10 Å². The Labute approximate surface area is 124 Å². The first-order valence-electron chi connectivity index (χ1n) is 6.95. The summed E-state index contributed by atoms with van der Waals surface area (Å²) in [7, 11) is 1.57. The molecule has 112 valence electrons. The zero-order chi connectivity index (χ0) is 15.6. The van der Waals surface area contributed by atoms with Crippen LogP contribution in [0.3, 0.4) is 0 Å². The fourth-order valence-electron chi connectivity index (χ4n) is 2.17. The van der Waals surface area contributed by atoms with E-state index in [1.165, 1.54) is 0 Å². The zero-order valence-electron chi connectivity index (χ0n) is 12.8. The van der Waals surface area contributed by atoms with E-state index < -0.39 is 5.97 Å². The summed E-state index contributed by atoms with van der Waals surface area (Å²) >= 11 is 0. The Kier molecular flexibility index (Phi) is 4.31. The molecule has 0 aliphatic heterocycles. The molecule has 5 nitrogen and oxygen atoms in total. The number of aromatic carboxylic acids is 1. The molecule has 1 aromatic carbocycles. The molecule has 1 unspecified atom stereocenters. The maximum atomic E-state index is 11.5. The molecule has 0 amide bonds. The van der Waals surface area contributed by atoms with Crippen LogP contribution in [-0.4, -0.2) is 28.0 Å². The van der Waals surface area contributed by atoms with Crippen molar-refractivity contribution in [3.8, 4) is 17.0 Å². The number of ether oxygens (including phenoxy) is 1. The van der Waals surface area contributed by atoms with E-state index in [1.807, 2.05) is 39.0 Å². The van der Waals surface area contributed by atoms with Crippen molar-refractivity contribution in [1.82, 2.24) is 9.78 Å². The molecule has 1 aromatic heterocycles. The molecule has 1 N–H and O–H groups in total. The summed E-state index contributed by atoms with van der Waals surface area (Å²) in [6.07, 6.45) is 2.47. The van der Waals surface area contributed by atoms with Gasteiger partial charge in [0.1, 0.15) is 17.0 Å². The van der Waals surface area contributed by atoms with Crippen molar-refractivity contribution in [2.75, 3.05) is 7.11 Å². The molecule has 0 bridgehead atoms. The molecular formula is C16H20N2O3. The molecule has 0 aliphatic rings. The number of methoxy groups -OCH3 is 1. The topological polar surface area (TPSA) is 64.4 Å². The summed E-state index contributed by atoms with van der Waals surface area (Å²) in [5, 5.41) is 13.9. The first kappa shape index (κ1) is 15.1. The van der Waals surface area contributed by atoms with Crippen molar-refractivity contribution >= 4 is 5.97 Å². The highest BCUT2D eigenvalue weighted by Crippen LogP contribution is 2.33. The number of hydrogen-bond donors (Lipinski definition) is 1. The van der Waals surface area contributed by atoms with Crippen LogP contribution in [0.5, 0.6) is 5.75 Å². The van der Waals surface area contributed by atoms with Crippen LogP contribution in [0, 0.1) is 6.92 Å². The van der Waals surface area contributed by atoms with E-state index in [-0.39, 0.29) is 11.6 Å².